The topological polar surface area (TPSA) is 50.4 Å². The van der Waals surface area contributed by atoms with Crippen molar-refractivity contribution in [1.82, 2.24) is 5.32 Å². The minimum absolute atomic E-state index is 0.141. The average molecular weight is 267 g/mol. The van der Waals surface area contributed by atoms with Crippen LogP contribution in [0.5, 0.6) is 5.75 Å². The number of amides is 1. The first-order chi connectivity index (χ1) is 8.67. The van der Waals surface area contributed by atoms with Gasteiger partial charge in [-0.3, -0.25) is 10.1 Å². The van der Waals surface area contributed by atoms with E-state index in [2.05, 4.69) is 16.6 Å². The Morgan fingerprint density at radius 3 is 3.00 bits per heavy atom. The van der Waals surface area contributed by atoms with E-state index in [1.165, 1.54) is 0 Å². The molecule has 0 fully saturated rings. The zero-order chi connectivity index (χ0) is 13.4. The SMILES string of the molecule is C#CCNCC(=O)Nc1cc(Cl)ccc1OCC. The van der Waals surface area contributed by atoms with Crippen molar-refractivity contribution in [2.45, 2.75) is 6.92 Å². The summed E-state index contributed by atoms with van der Waals surface area (Å²) in [5, 5.41) is 6.05. The third-order valence-corrected chi connectivity index (χ3v) is 2.26. The van der Waals surface area contributed by atoms with Crippen LogP contribution in [0.4, 0.5) is 5.69 Å². The van der Waals surface area contributed by atoms with Crippen LogP contribution in [-0.2, 0) is 4.79 Å². The zero-order valence-corrected chi connectivity index (χ0v) is 10.9. The highest BCUT2D eigenvalue weighted by atomic mass is 35.5. The Labute approximate surface area is 112 Å². The summed E-state index contributed by atoms with van der Waals surface area (Å²) in [7, 11) is 0. The monoisotopic (exact) mass is 266 g/mol. The van der Waals surface area contributed by atoms with Gasteiger partial charge in [0.1, 0.15) is 5.75 Å². The Morgan fingerprint density at radius 2 is 2.33 bits per heavy atom. The molecule has 0 unspecified atom stereocenters. The number of carbonyl (C=O) groups is 1. The first kappa shape index (κ1) is 14.4. The summed E-state index contributed by atoms with van der Waals surface area (Å²) < 4.78 is 5.39. The molecule has 0 aliphatic carbocycles. The van der Waals surface area contributed by atoms with Crippen LogP contribution >= 0.6 is 11.6 Å². The number of halogens is 1. The van der Waals surface area contributed by atoms with Gasteiger partial charge in [0.25, 0.3) is 0 Å². The number of hydrogen-bond acceptors (Lipinski definition) is 3. The van der Waals surface area contributed by atoms with Gasteiger partial charge in [-0.2, -0.15) is 0 Å². The van der Waals surface area contributed by atoms with E-state index >= 15 is 0 Å². The Balaban J connectivity index is 2.67. The maximum Gasteiger partial charge on any atom is 0.238 e. The van der Waals surface area contributed by atoms with Gasteiger partial charge in [0.15, 0.2) is 0 Å². The molecule has 5 heteroatoms. The third-order valence-electron chi connectivity index (χ3n) is 2.03. The van der Waals surface area contributed by atoms with Gasteiger partial charge >= 0.3 is 0 Å². The quantitative estimate of drug-likeness (QED) is 0.611. The second-order valence-electron chi connectivity index (χ2n) is 3.43. The molecule has 0 saturated heterocycles. The maximum atomic E-state index is 11.6. The van der Waals surface area contributed by atoms with Gasteiger partial charge in [-0.15, -0.1) is 6.42 Å². The van der Waals surface area contributed by atoms with Crippen LogP contribution in [0.1, 0.15) is 6.92 Å². The minimum Gasteiger partial charge on any atom is -0.492 e. The molecular weight excluding hydrogens is 252 g/mol. The van der Waals surface area contributed by atoms with Crippen molar-refractivity contribution in [2.75, 3.05) is 25.0 Å². The van der Waals surface area contributed by atoms with E-state index < -0.39 is 0 Å². The number of rotatable bonds is 6. The molecule has 2 N–H and O–H groups in total. The largest absolute Gasteiger partial charge is 0.492 e. The summed E-state index contributed by atoms with van der Waals surface area (Å²) in [6, 6.07) is 5.07. The fraction of sp³-hybridized carbons (Fsp3) is 0.308. The third kappa shape index (κ3) is 4.66. The molecule has 1 aromatic carbocycles. The lowest BCUT2D eigenvalue weighted by atomic mass is 10.3. The van der Waals surface area contributed by atoms with Gasteiger partial charge in [0.05, 0.1) is 25.4 Å². The second-order valence-corrected chi connectivity index (χ2v) is 3.87. The summed E-state index contributed by atoms with van der Waals surface area (Å²) in [5.41, 5.74) is 0.553. The minimum atomic E-state index is -0.200. The molecule has 0 saturated carbocycles. The van der Waals surface area contributed by atoms with Crippen LogP contribution in [0.15, 0.2) is 18.2 Å². The number of ether oxygens (including phenoxy) is 1. The Kier molecular flexibility index (Phi) is 6.06. The normalized spacial score (nSPS) is 9.61. The lowest BCUT2D eigenvalue weighted by Crippen LogP contribution is -2.28. The molecule has 0 aliphatic rings. The Morgan fingerprint density at radius 1 is 1.56 bits per heavy atom. The second kappa shape index (κ2) is 7.59. The molecule has 0 heterocycles. The molecule has 0 aromatic heterocycles. The first-order valence-corrected chi connectivity index (χ1v) is 5.91. The summed E-state index contributed by atoms with van der Waals surface area (Å²) in [4.78, 5) is 11.6. The number of terminal acetylenes is 1. The first-order valence-electron chi connectivity index (χ1n) is 5.53. The number of anilines is 1. The fourth-order valence-electron chi connectivity index (χ4n) is 1.32. The molecule has 1 aromatic rings. The lowest BCUT2D eigenvalue weighted by molar-refractivity contribution is -0.115. The van der Waals surface area contributed by atoms with Crippen molar-refractivity contribution in [3.63, 3.8) is 0 Å². The number of benzene rings is 1. The maximum absolute atomic E-state index is 11.6. The van der Waals surface area contributed by atoms with Crippen molar-refractivity contribution < 1.29 is 9.53 Å². The Bertz CT molecular complexity index is 455. The van der Waals surface area contributed by atoms with Gasteiger partial charge in [0, 0.05) is 5.02 Å². The van der Waals surface area contributed by atoms with Crippen molar-refractivity contribution in [3.05, 3.63) is 23.2 Å². The highest BCUT2D eigenvalue weighted by Gasteiger charge is 2.08. The molecule has 1 amide bonds. The Hall–Kier alpha value is -1.70. The van der Waals surface area contributed by atoms with E-state index in [0.29, 0.717) is 29.6 Å². The van der Waals surface area contributed by atoms with E-state index in [1.807, 2.05) is 6.92 Å². The van der Waals surface area contributed by atoms with E-state index in [0.717, 1.165) is 0 Å². The van der Waals surface area contributed by atoms with Gasteiger partial charge in [-0.25, -0.2) is 0 Å². The van der Waals surface area contributed by atoms with Crippen molar-refractivity contribution in [3.8, 4) is 18.1 Å². The summed E-state index contributed by atoms with van der Waals surface area (Å²) in [6.07, 6.45) is 5.07. The van der Waals surface area contributed by atoms with E-state index in [-0.39, 0.29) is 12.5 Å². The molecule has 0 spiro atoms. The highest BCUT2D eigenvalue weighted by Crippen LogP contribution is 2.27. The smallest absolute Gasteiger partial charge is 0.238 e. The van der Waals surface area contributed by atoms with Gasteiger partial charge in [-0.1, -0.05) is 17.5 Å². The predicted molar refractivity (Wildman–Crippen MR) is 73.0 cm³/mol. The zero-order valence-electron chi connectivity index (χ0n) is 10.1. The van der Waals surface area contributed by atoms with Gasteiger partial charge in [-0.05, 0) is 25.1 Å². The number of carbonyl (C=O) groups excluding carboxylic acids is 1. The molecule has 4 nitrogen and oxygen atoms in total. The number of hydrogen-bond donors (Lipinski definition) is 2. The fourth-order valence-corrected chi connectivity index (χ4v) is 1.50. The summed E-state index contributed by atoms with van der Waals surface area (Å²) in [6.45, 7) is 2.87. The molecule has 96 valence electrons. The standard InChI is InChI=1S/C13H15ClN2O2/c1-3-7-15-9-13(17)16-11-8-10(14)5-6-12(11)18-4-2/h1,5-6,8,15H,4,7,9H2,2H3,(H,16,17). The van der Waals surface area contributed by atoms with Crippen molar-refractivity contribution in [2.24, 2.45) is 0 Å². The van der Waals surface area contributed by atoms with Gasteiger partial charge in [0.2, 0.25) is 5.91 Å². The van der Waals surface area contributed by atoms with Gasteiger partial charge < -0.3 is 10.1 Å². The van der Waals surface area contributed by atoms with Crippen LogP contribution < -0.4 is 15.4 Å². The summed E-state index contributed by atoms with van der Waals surface area (Å²) >= 11 is 5.88. The van der Waals surface area contributed by atoms with E-state index in [1.54, 1.807) is 18.2 Å². The average Bonchev–Trinajstić information content (AvgIpc) is 2.33. The van der Waals surface area contributed by atoms with Crippen molar-refractivity contribution in [1.29, 1.82) is 0 Å². The molecule has 18 heavy (non-hydrogen) atoms. The molecule has 0 atom stereocenters. The van der Waals surface area contributed by atoms with Crippen LogP contribution in [0, 0.1) is 12.3 Å². The number of nitrogens with one attached hydrogen (secondary N) is 2. The predicted octanol–water partition coefficient (Wildman–Crippen LogP) is 1.90. The van der Waals surface area contributed by atoms with Crippen LogP contribution in [0.25, 0.3) is 0 Å². The molecular formula is C13H15ClN2O2. The van der Waals surface area contributed by atoms with E-state index in [4.69, 9.17) is 22.8 Å². The van der Waals surface area contributed by atoms with E-state index in [9.17, 15) is 4.79 Å². The van der Waals surface area contributed by atoms with Crippen LogP contribution in [-0.4, -0.2) is 25.6 Å². The summed E-state index contributed by atoms with van der Waals surface area (Å²) in [5.74, 6) is 2.78. The van der Waals surface area contributed by atoms with Crippen LogP contribution in [0.3, 0.4) is 0 Å². The lowest BCUT2D eigenvalue weighted by Gasteiger charge is -2.11. The highest BCUT2D eigenvalue weighted by molar-refractivity contribution is 6.31. The molecule has 0 bridgehead atoms. The molecule has 0 aliphatic heterocycles. The van der Waals surface area contributed by atoms with Crippen LogP contribution in [0.2, 0.25) is 5.02 Å². The molecule has 0 radical (unpaired) electrons. The molecule has 1 rings (SSSR count). The van der Waals surface area contributed by atoms with Crippen molar-refractivity contribution >= 4 is 23.2 Å².